The van der Waals surface area contributed by atoms with Crippen LogP contribution in [-0.4, -0.2) is 76.5 Å². The second-order valence-electron chi connectivity index (χ2n) is 12.5. The molecule has 0 fully saturated rings. The van der Waals surface area contributed by atoms with Gasteiger partial charge in [-0.05, 0) is 74.8 Å². The molecule has 1 aliphatic heterocycles. The number of nitrogens with one attached hydrogen (secondary N) is 2. The van der Waals surface area contributed by atoms with Crippen molar-refractivity contribution in [3.63, 3.8) is 0 Å². The minimum absolute atomic E-state index is 0.0132. The molecule has 1 aliphatic rings. The van der Waals surface area contributed by atoms with E-state index >= 15 is 0 Å². The van der Waals surface area contributed by atoms with Gasteiger partial charge < -0.3 is 31.1 Å². The number of fused-ring (bicyclic) bond motifs is 1. The highest BCUT2D eigenvalue weighted by Gasteiger charge is 2.31. The molecular formula is C36H48N6O5. The van der Waals surface area contributed by atoms with E-state index < -0.39 is 0 Å². The molecular weight excluding hydrogens is 596 g/mol. The summed E-state index contributed by atoms with van der Waals surface area (Å²) < 4.78 is 6.61. The number of pyridine rings is 1. The molecule has 2 aromatic carbocycles. The molecule has 11 heteroatoms. The maximum atomic E-state index is 13.5. The number of nitrogens with zero attached hydrogens (tertiary/aromatic N) is 3. The van der Waals surface area contributed by atoms with E-state index in [9.17, 15) is 19.5 Å². The van der Waals surface area contributed by atoms with Crippen molar-refractivity contribution in [1.29, 1.82) is 0 Å². The summed E-state index contributed by atoms with van der Waals surface area (Å²) in [5.41, 5.74) is 9.42. The Bertz CT molecular complexity index is 1490. The first-order valence-corrected chi connectivity index (χ1v) is 16.3. The first kappa shape index (κ1) is 35.4. The minimum atomic E-state index is -0.341. The second-order valence-corrected chi connectivity index (χ2v) is 12.5. The topological polar surface area (TPSA) is 150 Å². The van der Waals surface area contributed by atoms with Crippen molar-refractivity contribution in [1.82, 2.24) is 14.8 Å². The number of nitrogen functional groups attached to an aromatic ring is 1. The number of hydrogen-bond acceptors (Lipinski definition) is 8. The SMILES string of the molecule is C[C@@H]1CN([C@@H](C)CO)C(=O)Cc2cc(NC(=O)CCCCCC(=O)Nc3ccccc3N)ccc2O[C@H]1CN(C)Cc1ccncc1. The predicted octanol–water partition coefficient (Wildman–Crippen LogP) is 4.47. The summed E-state index contributed by atoms with van der Waals surface area (Å²) in [7, 11) is 2.04. The number of nitrogens with two attached hydrogens (primary N) is 1. The van der Waals surface area contributed by atoms with Crippen molar-refractivity contribution in [3.05, 3.63) is 78.1 Å². The van der Waals surface area contributed by atoms with Crippen LogP contribution in [0.1, 0.15) is 57.1 Å². The van der Waals surface area contributed by atoms with Gasteiger partial charge in [0.05, 0.1) is 30.4 Å². The third-order valence-electron chi connectivity index (χ3n) is 8.44. The Morgan fingerprint density at radius 2 is 1.77 bits per heavy atom. The fourth-order valence-electron chi connectivity index (χ4n) is 5.69. The number of anilines is 3. The highest BCUT2D eigenvalue weighted by Crippen LogP contribution is 2.29. The first-order valence-electron chi connectivity index (χ1n) is 16.3. The summed E-state index contributed by atoms with van der Waals surface area (Å²) in [5, 5.41) is 15.7. The number of rotatable bonds is 14. The van der Waals surface area contributed by atoms with Crippen LogP contribution in [0.25, 0.3) is 0 Å². The minimum Gasteiger partial charge on any atom is -0.488 e. The summed E-state index contributed by atoms with van der Waals surface area (Å²) in [6.45, 7) is 5.57. The zero-order valence-corrected chi connectivity index (χ0v) is 27.7. The van der Waals surface area contributed by atoms with Crippen LogP contribution in [0.15, 0.2) is 67.0 Å². The number of para-hydroxylation sites is 2. The smallest absolute Gasteiger partial charge is 0.227 e. The van der Waals surface area contributed by atoms with Gasteiger partial charge in [-0.1, -0.05) is 25.5 Å². The van der Waals surface area contributed by atoms with E-state index in [2.05, 4.69) is 27.4 Å². The van der Waals surface area contributed by atoms with Crippen molar-refractivity contribution in [2.75, 3.05) is 43.1 Å². The molecule has 3 aromatic rings. The van der Waals surface area contributed by atoms with E-state index in [4.69, 9.17) is 10.5 Å². The van der Waals surface area contributed by atoms with E-state index in [1.807, 2.05) is 44.3 Å². The molecule has 3 atom stereocenters. The van der Waals surface area contributed by atoms with E-state index in [-0.39, 0.29) is 48.8 Å². The van der Waals surface area contributed by atoms with Crippen molar-refractivity contribution >= 4 is 34.8 Å². The fraction of sp³-hybridized carbons (Fsp3) is 0.444. The van der Waals surface area contributed by atoms with E-state index in [1.165, 1.54) is 0 Å². The van der Waals surface area contributed by atoms with Crippen LogP contribution in [-0.2, 0) is 27.3 Å². The van der Waals surface area contributed by atoms with Crippen molar-refractivity contribution in [2.45, 2.75) is 71.1 Å². The zero-order chi connectivity index (χ0) is 33.8. The molecule has 47 heavy (non-hydrogen) atoms. The highest BCUT2D eigenvalue weighted by atomic mass is 16.5. The number of unbranched alkanes of at least 4 members (excludes halogenated alkanes) is 2. The standard InChI is InChI=1S/C36H48N6O5/c1-25-21-42(26(2)24-43)36(46)20-28-19-29(13-14-32(28)47-33(25)23-41(3)22-27-15-17-38-18-16-27)39-34(44)11-5-4-6-12-35(45)40-31-10-8-7-9-30(31)37/h7-10,13-19,25-26,33,43H,4-6,11-12,20-24,37H2,1-3H3,(H,39,44)(H,40,45)/t25-,26+,33+/m1/s1. The van der Waals surface area contributed by atoms with Crippen LogP contribution in [0.2, 0.25) is 0 Å². The van der Waals surface area contributed by atoms with Crippen LogP contribution in [0.4, 0.5) is 17.1 Å². The highest BCUT2D eigenvalue weighted by molar-refractivity contribution is 5.94. The van der Waals surface area contributed by atoms with Gasteiger partial charge in [0.15, 0.2) is 0 Å². The second kappa shape index (κ2) is 17.4. The average Bonchev–Trinajstić information content (AvgIpc) is 3.09. The quantitative estimate of drug-likeness (QED) is 0.148. The number of benzene rings is 2. The van der Waals surface area contributed by atoms with Gasteiger partial charge in [-0.25, -0.2) is 0 Å². The lowest BCUT2D eigenvalue weighted by Gasteiger charge is -2.34. The van der Waals surface area contributed by atoms with Gasteiger partial charge in [0.2, 0.25) is 17.7 Å². The molecule has 0 radical (unpaired) electrons. The number of carbonyl (C=O) groups excluding carboxylic acids is 3. The van der Waals surface area contributed by atoms with Crippen molar-refractivity contribution < 1.29 is 24.2 Å². The van der Waals surface area contributed by atoms with Gasteiger partial charge in [0.25, 0.3) is 0 Å². The van der Waals surface area contributed by atoms with Gasteiger partial charge in [0.1, 0.15) is 11.9 Å². The Balaban J connectivity index is 1.36. The maximum Gasteiger partial charge on any atom is 0.227 e. The van der Waals surface area contributed by atoms with Crippen LogP contribution in [0.5, 0.6) is 5.75 Å². The number of aliphatic hydroxyl groups is 1. The van der Waals surface area contributed by atoms with E-state index in [0.29, 0.717) is 67.1 Å². The summed E-state index contributed by atoms with van der Waals surface area (Å²) in [5.74, 6) is 0.253. The Morgan fingerprint density at radius 3 is 2.47 bits per heavy atom. The number of hydrogen-bond donors (Lipinski definition) is 4. The lowest BCUT2D eigenvalue weighted by Crippen LogP contribution is -2.47. The number of aromatic nitrogens is 1. The molecule has 252 valence electrons. The molecule has 0 unspecified atom stereocenters. The van der Waals surface area contributed by atoms with Crippen LogP contribution >= 0.6 is 0 Å². The van der Waals surface area contributed by atoms with E-state index in [0.717, 1.165) is 18.5 Å². The summed E-state index contributed by atoms with van der Waals surface area (Å²) in [4.78, 5) is 46.6. The lowest BCUT2D eigenvalue weighted by molar-refractivity contribution is -0.134. The number of aliphatic hydroxyl groups excluding tert-OH is 1. The molecule has 11 nitrogen and oxygen atoms in total. The van der Waals surface area contributed by atoms with Gasteiger partial charge in [-0.3, -0.25) is 24.3 Å². The molecule has 1 aromatic heterocycles. The summed E-state index contributed by atoms with van der Waals surface area (Å²) >= 11 is 0. The van der Waals surface area contributed by atoms with Crippen LogP contribution in [0, 0.1) is 5.92 Å². The molecule has 0 aliphatic carbocycles. The zero-order valence-electron chi connectivity index (χ0n) is 27.7. The molecule has 3 amide bonds. The first-order chi connectivity index (χ1) is 22.6. The number of ether oxygens (including phenoxy) is 1. The molecule has 0 bridgehead atoms. The maximum absolute atomic E-state index is 13.5. The third-order valence-corrected chi connectivity index (χ3v) is 8.44. The molecule has 0 spiro atoms. The number of amides is 3. The fourth-order valence-corrected chi connectivity index (χ4v) is 5.69. The summed E-state index contributed by atoms with van der Waals surface area (Å²) in [6, 6.07) is 16.2. The largest absolute Gasteiger partial charge is 0.488 e. The third kappa shape index (κ3) is 10.8. The Kier molecular flexibility index (Phi) is 13.1. The predicted molar refractivity (Wildman–Crippen MR) is 184 cm³/mol. The average molecular weight is 645 g/mol. The Morgan fingerprint density at radius 1 is 1.06 bits per heavy atom. The van der Waals surface area contributed by atoms with Gasteiger partial charge in [-0.15, -0.1) is 0 Å². The normalized spacial score (nSPS) is 17.1. The molecule has 4 rings (SSSR count). The van der Waals surface area contributed by atoms with Gasteiger partial charge in [0, 0.05) is 62.0 Å². The van der Waals surface area contributed by atoms with Crippen molar-refractivity contribution in [3.8, 4) is 5.75 Å². The Hall–Kier alpha value is -4.48. The van der Waals surface area contributed by atoms with Crippen molar-refractivity contribution in [2.24, 2.45) is 5.92 Å². The van der Waals surface area contributed by atoms with Gasteiger partial charge >= 0.3 is 0 Å². The summed E-state index contributed by atoms with van der Waals surface area (Å²) in [6.07, 6.45) is 6.10. The molecule has 2 heterocycles. The number of likely N-dealkylation sites (N-methyl/N-ethyl adjacent to an activating group) is 1. The van der Waals surface area contributed by atoms with Gasteiger partial charge in [-0.2, -0.15) is 0 Å². The molecule has 0 saturated heterocycles. The van der Waals surface area contributed by atoms with Crippen LogP contribution < -0.4 is 21.1 Å². The number of carbonyl (C=O) groups is 3. The Labute approximate surface area is 277 Å². The van der Waals surface area contributed by atoms with Crippen LogP contribution in [0.3, 0.4) is 0 Å². The molecule has 5 N–H and O–H groups in total. The monoisotopic (exact) mass is 644 g/mol. The lowest BCUT2D eigenvalue weighted by atomic mass is 10.0. The molecule has 0 saturated carbocycles. The van der Waals surface area contributed by atoms with E-state index in [1.54, 1.807) is 41.6 Å².